The lowest BCUT2D eigenvalue weighted by molar-refractivity contribution is -0.0104. The molecule has 4 rings (SSSR count). The number of aryl methyl sites for hydroxylation is 1. The first-order valence-corrected chi connectivity index (χ1v) is 8.95. The molecular formula is C21H22N4O. The highest BCUT2D eigenvalue weighted by Crippen LogP contribution is 2.55. The summed E-state index contributed by atoms with van der Waals surface area (Å²) in [5.74, 6) is 0.848. The van der Waals surface area contributed by atoms with Gasteiger partial charge in [-0.05, 0) is 41.9 Å². The monoisotopic (exact) mass is 346 g/mol. The summed E-state index contributed by atoms with van der Waals surface area (Å²) >= 11 is 0. The molecule has 0 spiro atoms. The molecule has 0 radical (unpaired) electrons. The van der Waals surface area contributed by atoms with Gasteiger partial charge in [0.25, 0.3) is 0 Å². The Morgan fingerprint density at radius 3 is 2.77 bits per heavy atom. The van der Waals surface area contributed by atoms with Crippen LogP contribution in [0.25, 0.3) is 11.4 Å². The highest BCUT2D eigenvalue weighted by molar-refractivity contribution is 5.55. The third kappa shape index (κ3) is 2.29. The van der Waals surface area contributed by atoms with Crippen molar-refractivity contribution in [1.82, 2.24) is 15.0 Å². The second-order valence-electron chi connectivity index (χ2n) is 8.12. The summed E-state index contributed by atoms with van der Waals surface area (Å²) < 4.78 is 0. The molecule has 0 saturated carbocycles. The van der Waals surface area contributed by atoms with Gasteiger partial charge >= 0.3 is 0 Å². The van der Waals surface area contributed by atoms with Crippen molar-refractivity contribution in [2.24, 2.45) is 11.3 Å². The number of hydrogen-bond donors (Lipinski definition) is 1. The Morgan fingerprint density at radius 1 is 1.27 bits per heavy atom. The molecule has 2 aromatic rings. The van der Waals surface area contributed by atoms with Gasteiger partial charge in [-0.15, -0.1) is 0 Å². The average molecular weight is 346 g/mol. The Kier molecular flexibility index (Phi) is 3.71. The van der Waals surface area contributed by atoms with Crippen molar-refractivity contribution in [2.45, 2.75) is 45.1 Å². The van der Waals surface area contributed by atoms with Crippen molar-refractivity contribution in [3.8, 4) is 17.5 Å². The van der Waals surface area contributed by atoms with Crippen molar-refractivity contribution in [3.05, 3.63) is 53.6 Å². The maximum atomic E-state index is 10.7. The van der Waals surface area contributed by atoms with E-state index in [1.165, 1.54) is 0 Å². The van der Waals surface area contributed by atoms with Gasteiger partial charge in [-0.1, -0.05) is 26.8 Å². The summed E-state index contributed by atoms with van der Waals surface area (Å²) in [6.07, 6.45) is 8.41. The van der Waals surface area contributed by atoms with Gasteiger partial charge in [0, 0.05) is 29.6 Å². The summed E-state index contributed by atoms with van der Waals surface area (Å²) in [5.41, 5.74) is 2.60. The van der Waals surface area contributed by atoms with E-state index < -0.39 is 16.9 Å². The third-order valence-electron chi connectivity index (χ3n) is 6.20. The van der Waals surface area contributed by atoms with Crippen LogP contribution in [0.5, 0.6) is 0 Å². The van der Waals surface area contributed by atoms with Crippen molar-refractivity contribution in [3.63, 3.8) is 0 Å². The minimum Gasteiger partial charge on any atom is -0.387 e. The lowest BCUT2D eigenvalue weighted by atomic mass is 9.52. The standard InChI is InChI=1S/C21H22N4O/c1-20(2)16-7-6-13-12-24-19(14-5-4-8-23-11-14)25-17(13)21(16,3)9-15(10-22)18(20)26/h4-5,8-9,11-12,16,18,26H,6-7H2,1-3H3/t16-,18?,21-/m0/s1. The summed E-state index contributed by atoms with van der Waals surface area (Å²) in [7, 11) is 0. The van der Waals surface area contributed by atoms with E-state index in [0.717, 1.165) is 29.7 Å². The fourth-order valence-electron chi connectivity index (χ4n) is 4.86. The number of rotatable bonds is 1. The van der Waals surface area contributed by atoms with Gasteiger partial charge in [-0.3, -0.25) is 4.98 Å². The second-order valence-corrected chi connectivity index (χ2v) is 8.12. The van der Waals surface area contributed by atoms with Crippen molar-refractivity contribution in [2.75, 3.05) is 0 Å². The molecule has 0 bridgehead atoms. The minimum absolute atomic E-state index is 0.200. The van der Waals surface area contributed by atoms with Crippen molar-refractivity contribution >= 4 is 0 Å². The van der Waals surface area contributed by atoms with Gasteiger partial charge in [0.2, 0.25) is 0 Å². The first-order valence-electron chi connectivity index (χ1n) is 8.95. The lowest BCUT2D eigenvalue weighted by Gasteiger charge is -2.53. The Hall–Kier alpha value is -2.58. The van der Waals surface area contributed by atoms with Crippen LogP contribution in [0.15, 0.2) is 42.4 Å². The number of nitrogens with zero attached hydrogens (tertiary/aromatic N) is 4. The van der Waals surface area contributed by atoms with Gasteiger partial charge < -0.3 is 5.11 Å². The van der Waals surface area contributed by atoms with E-state index in [9.17, 15) is 10.4 Å². The first kappa shape index (κ1) is 16.9. The van der Waals surface area contributed by atoms with E-state index >= 15 is 0 Å². The van der Waals surface area contributed by atoms with E-state index in [0.29, 0.717) is 11.4 Å². The maximum absolute atomic E-state index is 10.7. The molecule has 0 aliphatic heterocycles. The predicted octanol–water partition coefficient (Wildman–Crippen LogP) is 3.21. The molecule has 3 atom stereocenters. The van der Waals surface area contributed by atoms with Crippen LogP contribution in [0.4, 0.5) is 0 Å². The van der Waals surface area contributed by atoms with Gasteiger partial charge in [0.15, 0.2) is 5.82 Å². The fraction of sp³-hybridized carbons (Fsp3) is 0.429. The number of hydrogen-bond acceptors (Lipinski definition) is 5. The molecule has 26 heavy (non-hydrogen) atoms. The zero-order valence-corrected chi connectivity index (χ0v) is 15.3. The van der Waals surface area contributed by atoms with Crippen LogP contribution in [0, 0.1) is 22.7 Å². The van der Waals surface area contributed by atoms with Crippen LogP contribution in [-0.4, -0.2) is 26.2 Å². The number of allylic oxidation sites excluding steroid dienone is 1. The zero-order chi connectivity index (χ0) is 18.5. The van der Waals surface area contributed by atoms with E-state index in [2.05, 4.69) is 36.8 Å². The Bertz CT molecular complexity index is 929. The number of nitriles is 1. The highest BCUT2D eigenvalue weighted by Gasteiger charge is 2.54. The van der Waals surface area contributed by atoms with E-state index in [4.69, 9.17) is 4.98 Å². The smallest absolute Gasteiger partial charge is 0.160 e. The third-order valence-corrected chi connectivity index (χ3v) is 6.20. The molecule has 5 heteroatoms. The van der Waals surface area contributed by atoms with Crippen LogP contribution in [0.1, 0.15) is 38.4 Å². The van der Waals surface area contributed by atoms with Crippen LogP contribution in [0.2, 0.25) is 0 Å². The van der Waals surface area contributed by atoms with E-state index in [1.807, 2.05) is 24.4 Å². The molecule has 1 unspecified atom stereocenters. The molecule has 0 aromatic carbocycles. The van der Waals surface area contributed by atoms with Crippen LogP contribution >= 0.6 is 0 Å². The largest absolute Gasteiger partial charge is 0.387 e. The normalized spacial score (nSPS) is 29.1. The summed E-state index contributed by atoms with van der Waals surface area (Å²) in [5, 5.41) is 20.3. The quantitative estimate of drug-likeness (QED) is 0.857. The number of aromatic nitrogens is 3. The first-order chi connectivity index (χ1) is 12.4. The maximum Gasteiger partial charge on any atom is 0.160 e. The average Bonchev–Trinajstić information content (AvgIpc) is 2.65. The second kappa shape index (κ2) is 5.72. The molecule has 1 N–H and O–H groups in total. The minimum atomic E-state index is -0.744. The van der Waals surface area contributed by atoms with Crippen molar-refractivity contribution < 1.29 is 5.11 Å². The van der Waals surface area contributed by atoms with E-state index in [-0.39, 0.29) is 5.92 Å². The molecule has 2 aliphatic carbocycles. The topological polar surface area (TPSA) is 82.7 Å². The van der Waals surface area contributed by atoms with E-state index in [1.54, 1.807) is 12.4 Å². The molecule has 2 aromatic heterocycles. The molecule has 2 aliphatic rings. The number of pyridine rings is 1. The fourth-order valence-corrected chi connectivity index (χ4v) is 4.86. The highest BCUT2D eigenvalue weighted by atomic mass is 16.3. The van der Waals surface area contributed by atoms with Gasteiger partial charge in [0.1, 0.15) is 0 Å². The SMILES string of the molecule is CC1(C)C(O)C(C#N)=C[C@]2(C)c3nc(-c4cccnc4)ncc3CC[C@@H]12. The Morgan fingerprint density at radius 2 is 2.08 bits per heavy atom. The van der Waals surface area contributed by atoms with Crippen molar-refractivity contribution in [1.29, 1.82) is 5.26 Å². The summed E-state index contributed by atoms with van der Waals surface area (Å²) in [6, 6.07) is 6.02. The molecular weight excluding hydrogens is 324 g/mol. The zero-order valence-electron chi connectivity index (χ0n) is 15.3. The van der Waals surface area contributed by atoms with Gasteiger partial charge in [-0.25, -0.2) is 9.97 Å². The molecule has 132 valence electrons. The Labute approximate surface area is 153 Å². The van der Waals surface area contributed by atoms with Gasteiger partial charge in [-0.2, -0.15) is 5.26 Å². The Balaban J connectivity index is 1.92. The molecule has 5 nitrogen and oxygen atoms in total. The summed E-state index contributed by atoms with van der Waals surface area (Å²) in [4.78, 5) is 13.6. The number of fused-ring (bicyclic) bond motifs is 3. The molecule has 0 amide bonds. The lowest BCUT2D eigenvalue weighted by Crippen LogP contribution is -2.53. The molecule has 0 fully saturated rings. The van der Waals surface area contributed by atoms with Gasteiger partial charge in [0.05, 0.1) is 23.4 Å². The molecule has 0 saturated heterocycles. The van der Waals surface area contributed by atoms with Crippen LogP contribution < -0.4 is 0 Å². The number of aliphatic hydroxyl groups is 1. The molecule has 2 heterocycles. The predicted molar refractivity (Wildman–Crippen MR) is 97.9 cm³/mol. The van der Waals surface area contributed by atoms with Crippen LogP contribution in [-0.2, 0) is 11.8 Å². The summed E-state index contributed by atoms with van der Waals surface area (Å²) in [6.45, 7) is 6.25. The number of aliphatic hydroxyl groups excluding tert-OH is 1. The van der Waals surface area contributed by atoms with Crippen LogP contribution in [0.3, 0.4) is 0 Å².